The number of carbonyl (C=O) groups excluding carboxylic acids is 1. The molecule has 32 heavy (non-hydrogen) atoms. The molecule has 0 aliphatic carbocycles. The third-order valence-electron chi connectivity index (χ3n) is 5.32. The predicted molar refractivity (Wildman–Crippen MR) is 125 cm³/mol. The van der Waals surface area contributed by atoms with Gasteiger partial charge in [-0.05, 0) is 23.6 Å². The number of hydrogen-bond acceptors (Lipinski definition) is 3. The van der Waals surface area contributed by atoms with Crippen molar-refractivity contribution in [2.45, 2.75) is 51.6 Å². The number of imidazole rings is 1. The Labute approximate surface area is 193 Å². The number of benzene rings is 2. The predicted octanol–water partition coefficient (Wildman–Crippen LogP) is 4.28. The molecule has 0 aliphatic rings. The van der Waals surface area contributed by atoms with E-state index in [0.717, 1.165) is 41.9 Å². The zero-order valence-corrected chi connectivity index (χ0v) is 18.9. The number of nitrogens with zero attached hydrogens (tertiary/aromatic N) is 2. The quantitative estimate of drug-likeness (QED) is 0.453. The molecule has 3 aromatic rings. The van der Waals surface area contributed by atoms with Gasteiger partial charge in [0.25, 0.3) is 0 Å². The highest BCUT2D eigenvalue weighted by Gasteiger charge is 2.23. The summed E-state index contributed by atoms with van der Waals surface area (Å²) in [4.78, 5) is 29.0. The highest BCUT2D eigenvalue weighted by molar-refractivity contribution is 6.31. The number of unbranched alkanes of at least 4 members (excludes halogenated alkanes) is 1. The maximum absolute atomic E-state index is 12.5. The smallest absolute Gasteiger partial charge is 0.326 e. The van der Waals surface area contributed by atoms with Gasteiger partial charge in [-0.1, -0.05) is 73.5 Å². The van der Waals surface area contributed by atoms with E-state index in [1.807, 2.05) is 59.2 Å². The number of hydrogen-bond donors (Lipinski definition) is 2. The fourth-order valence-corrected chi connectivity index (χ4v) is 3.77. The van der Waals surface area contributed by atoms with Crippen molar-refractivity contribution in [1.82, 2.24) is 14.9 Å². The van der Waals surface area contributed by atoms with Crippen LogP contribution in [0.15, 0.2) is 60.8 Å². The normalized spacial score (nSPS) is 11.8. The molecular formula is C25H28ClN3O3. The van der Waals surface area contributed by atoms with Crippen LogP contribution in [0.5, 0.6) is 0 Å². The molecule has 3 rings (SSSR count). The molecule has 1 aromatic heterocycles. The molecule has 0 aliphatic heterocycles. The lowest BCUT2D eigenvalue weighted by atomic mass is 10.1. The first-order valence-electron chi connectivity index (χ1n) is 10.8. The van der Waals surface area contributed by atoms with Crippen molar-refractivity contribution >= 4 is 23.5 Å². The number of carbonyl (C=O) groups is 2. The van der Waals surface area contributed by atoms with Gasteiger partial charge in [0.05, 0.1) is 13.0 Å². The van der Waals surface area contributed by atoms with E-state index in [0.29, 0.717) is 11.6 Å². The van der Waals surface area contributed by atoms with Crippen LogP contribution in [0.3, 0.4) is 0 Å². The first kappa shape index (κ1) is 23.5. The summed E-state index contributed by atoms with van der Waals surface area (Å²) in [6, 6.07) is 15.8. The number of amides is 1. The maximum atomic E-state index is 12.5. The molecule has 0 saturated heterocycles. The fraction of sp³-hybridized carbons (Fsp3) is 0.320. The molecular weight excluding hydrogens is 426 g/mol. The Morgan fingerprint density at radius 3 is 2.53 bits per heavy atom. The summed E-state index contributed by atoms with van der Waals surface area (Å²) < 4.78 is 2.02. The first-order chi connectivity index (χ1) is 15.5. The van der Waals surface area contributed by atoms with Gasteiger partial charge in [-0.25, -0.2) is 9.78 Å². The Morgan fingerprint density at radius 2 is 1.84 bits per heavy atom. The summed E-state index contributed by atoms with van der Waals surface area (Å²) in [5, 5.41) is 13.1. The van der Waals surface area contributed by atoms with E-state index >= 15 is 0 Å². The number of aryl methyl sites for hydroxylation is 1. The van der Waals surface area contributed by atoms with E-state index in [9.17, 15) is 14.7 Å². The van der Waals surface area contributed by atoms with Crippen molar-refractivity contribution in [1.29, 1.82) is 0 Å². The summed E-state index contributed by atoms with van der Waals surface area (Å²) in [6.07, 6.45) is 4.78. The lowest BCUT2D eigenvalue weighted by Gasteiger charge is -2.18. The molecule has 0 spiro atoms. The van der Waals surface area contributed by atoms with Crippen molar-refractivity contribution in [3.8, 4) is 0 Å². The lowest BCUT2D eigenvalue weighted by molar-refractivity contribution is -0.141. The van der Waals surface area contributed by atoms with E-state index in [1.165, 1.54) is 0 Å². The second kappa shape index (κ2) is 11.5. The Morgan fingerprint density at radius 1 is 1.12 bits per heavy atom. The van der Waals surface area contributed by atoms with E-state index in [4.69, 9.17) is 11.6 Å². The molecule has 7 heteroatoms. The monoisotopic (exact) mass is 453 g/mol. The summed E-state index contributed by atoms with van der Waals surface area (Å²) in [5.41, 5.74) is 2.52. The van der Waals surface area contributed by atoms with Crippen LogP contribution in [0, 0.1) is 0 Å². The van der Waals surface area contributed by atoms with Crippen molar-refractivity contribution in [2.75, 3.05) is 0 Å². The zero-order chi connectivity index (χ0) is 22.9. The number of aliphatic carboxylic acids is 1. The summed E-state index contributed by atoms with van der Waals surface area (Å²) in [7, 11) is 0. The number of nitrogens with one attached hydrogen (secondary N) is 1. The summed E-state index contributed by atoms with van der Waals surface area (Å²) >= 11 is 6.37. The second-order valence-corrected chi connectivity index (χ2v) is 8.18. The van der Waals surface area contributed by atoms with Crippen molar-refractivity contribution in [3.05, 3.63) is 88.5 Å². The largest absolute Gasteiger partial charge is 0.480 e. The van der Waals surface area contributed by atoms with Crippen LogP contribution in [0.25, 0.3) is 0 Å². The Balaban J connectivity index is 1.79. The Hall–Kier alpha value is -3.12. The maximum Gasteiger partial charge on any atom is 0.326 e. The van der Waals surface area contributed by atoms with Gasteiger partial charge in [0, 0.05) is 29.8 Å². The van der Waals surface area contributed by atoms with Gasteiger partial charge in [-0.15, -0.1) is 0 Å². The standard InChI is InChI=1S/C25H28ClN3O3/c1-2-3-13-23-27-16-20(29(23)17-19-11-7-8-12-21(19)26)15-22(25(31)32)28-24(30)14-18-9-5-4-6-10-18/h4-12,16,22H,2-3,13-15,17H2,1H3,(H,28,30)(H,31,32). The van der Waals surface area contributed by atoms with E-state index in [-0.39, 0.29) is 18.7 Å². The molecule has 2 N–H and O–H groups in total. The van der Waals surface area contributed by atoms with Gasteiger partial charge in [-0.2, -0.15) is 0 Å². The van der Waals surface area contributed by atoms with Gasteiger partial charge in [0.2, 0.25) is 5.91 Å². The van der Waals surface area contributed by atoms with Crippen LogP contribution in [0.2, 0.25) is 5.02 Å². The molecule has 168 valence electrons. The molecule has 0 bridgehead atoms. The van der Waals surface area contributed by atoms with Crippen LogP contribution in [0.4, 0.5) is 0 Å². The highest BCUT2D eigenvalue weighted by atomic mass is 35.5. The van der Waals surface area contributed by atoms with Crippen LogP contribution >= 0.6 is 11.6 Å². The topological polar surface area (TPSA) is 84.2 Å². The van der Waals surface area contributed by atoms with Gasteiger partial charge >= 0.3 is 5.97 Å². The van der Waals surface area contributed by atoms with Crippen molar-refractivity contribution in [3.63, 3.8) is 0 Å². The van der Waals surface area contributed by atoms with Crippen molar-refractivity contribution < 1.29 is 14.7 Å². The third-order valence-corrected chi connectivity index (χ3v) is 5.68. The number of carboxylic acid groups (broad SMARTS) is 1. The van der Waals surface area contributed by atoms with Crippen LogP contribution in [0.1, 0.15) is 42.4 Å². The van der Waals surface area contributed by atoms with Crippen LogP contribution in [-0.4, -0.2) is 32.6 Å². The minimum Gasteiger partial charge on any atom is -0.480 e. The molecule has 1 amide bonds. The van der Waals surface area contributed by atoms with E-state index < -0.39 is 12.0 Å². The molecule has 0 fully saturated rings. The number of carboxylic acids is 1. The number of rotatable bonds is 11. The van der Waals surface area contributed by atoms with Gasteiger partial charge in [0.15, 0.2) is 0 Å². The highest BCUT2D eigenvalue weighted by Crippen LogP contribution is 2.20. The van der Waals surface area contributed by atoms with Gasteiger partial charge in [-0.3, -0.25) is 4.79 Å². The molecule has 6 nitrogen and oxygen atoms in total. The second-order valence-electron chi connectivity index (χ2n) is 7.77. The van der Waals surface area contributed by atoms with Gasteiger partial charge < -0.3 is 15.0 Å². The van der Waals surface area contributed by atoms with Gasteiger partial charge in [0.1, 0.15) is 11.9 Å². The average Bonchev–Trinajstić information content (AvgIpc) is 3.15. The molecule has 1 atom stereocenters. The minimum absolute atomic E-state index is 0.130. The zero-order valence-electron chi connectivity index (χ0n) is 18.1. The molecule has 1 unspecified atom stereocenters. The molecule has 2 aromatic carbocycles. The molecule has 1 heterocycles. The van der Waals surface area contributed by atoms with Crippen LogP contribution in [-0.2, 0) is 35.4 Å². The third kappa shape index (κ3) is 6.44. The number of aromatic nitrogens is 2. The minimum atomic E-state index is -1.08. The molecule has 0 radical (unpaired) electrons. The lowest BCUT2D eigenvalue weighted by Crippen LogP contribution is -2.43. The fourth-order valence-electron chi connectivity index (χ4n) is 3.58. The average molecular weight is 454 g/mol. The van der Waals surface area contributed by atoms with E-state index in [2.05, 4.69) is 17.2 Å². The Bertz CT molecular complexity index is 1050. The van der Waals surface area contributed by atoms with Crippen molar-refractivity contribution in [2.24, 2.45) is 0 Å². The number of halogens is 1. The SMILES string of the molecule is CCCCc1ncc(CC(NC(=O)Cc2ccccc2)C(=O)O)n1Cc1ccccc1Cl. The van der Waals surface area contributed by atoms with E-state index in [1.54, 1.807) is 6.20 Å². The van der Waals surface area contributed by atoms with Crippen LogP contribution < -0.4 is 5.32 Å². The summed E-state index contributed by atoms with van der Waals surface area (Å²) in [5.74, 6) is -0.513. The first-order valence-corrected chi connectivity index (χ1v) is 11.2. The molecule has 0 saturated carbocycles. The Kier molecular flexibility index (Phi) is 8.45. The summed E-state index contributed by atoms with van der Waals surface area (Å²) in [6.45, 7) is 2.61.